The highest BCUT2D eigenvalue weighted by molar-refractivity contribution is 6.04. The Hall–Kier alpha value is -2.37. The number of nitrogens with zero attached hydrogens (tertiary/aromatic N) is 4. The van der Waals surface area contributed by atoms with E-state index in [1.54, 1.807) is 43.3 Å². The number of anilines is 1. The highest BCUT2D eigenvalue weighted by atomic mass is 16.5. The van der Waals surface area contributed by atoms with E-state index >= 15 is 0 Å². The van der Waals surface area contributed by atoms with Gasteiger partial charge in [-0.2, -0.15) is 0 Å². The molecule has 2 rings (SSSR count). The van der Waals surface area contributed by atoms with Gasteiger partial charge in [-0.1, -0.05) is 0 Å². The van der Waals surface area contributed by atoms with Crippen LogP contribution in [0.2, 0.25) is 0 Å². The van der Waals surface area contributed by atoms with Crippen LogP contribution in [0.15, 0.2) is 24.5 Å². The van der Waals surface area contributed by atoms with E-state index in [1.807, 2.05) is 14.0 Å². The number of amides is 1. The van der Waals surface area contributed by atoms with Crippen molar-refractivity contribution in [1.29, 1.82) is 0 Å². The largest absolute Gasteiger partial charge is 0.481 e. The van der Waals surface area contributed by atoms with Crippen molar-refractivity contribution in [2.24, 2.45) is 7.05 Å². The molecule has 0 N–H and O–H groups in total. The molecular formula is C13H16N4O2. The monoisotopic (exact) mass is 260 g/mol. The molecule has 6 heteroatoms. The zero-order chi connectivity index (χ0) is 14.0. The molecule has 6 nitrogen and oxygen atoms in total. The van der Waals surface area contributed by atoms with Crippen LogP contribution >= 0.6 is 0 Å². The first-order chi connectivity index (χ1) is 9.04. The molecule has 0 spiro atoms. The Kier molecular flexibility index (Phi) is 3.50. The van der Waals surface area contributed by atoms with Crippen LogP contribution in [0.5, 0.6) is 5.88 Å². The van der Waals surface area contributed by atoms with E-state index in [2.05, 4.69) is 9.97 Å². The van der Waals surface area contributed by atoms with E-state index in [9.17, 15) is 4.79 Å². The average Bonchev–Trinajstić information content (AvgIpc) is 2.77. The van der Waals surface area contributed by atoms with Crippen LogP contribution in [0.3, 0.4) is 0 Å². The molecule has 0 aromatic carbocycles. The van der Waals surface area contributed by atoms with Crippen LogP contribution in [-0.4, -0.2) is 34.6 Å². The van der Waals surface area contributed by atoms with Gasteiger partial charge in [-0.15, -0.1) is 0 Å². The molecule has 1 amide bonds. The lowest BCUT2D eigenvalue weighted by Crippen LogP contribution is -2.28. The summed E-state index contributed by atoms with van der Waals surface area (Å²) in [6.45, 7) is 1.85. The van der Waals surface area contributed by atoms with Gasteiger partial charge in [0.25, 0.3) is 5.91 Å². The van der Waals surface area contributed by atoms with Crippen molar-refractivity contribution in [2.45, 2.75) is 6.92 Å². The number of imidazole rings is 1. The van der Waals surface area contributed by atoms with Crippen molar-refractivity contribution >= 4 is 11.6 Å². The Morgan fingerprint density at radius 1 is 1.32 bits per heavy atom. The molecule has 0 unspecified atom stereocenters. The zero-order valence-electron chi connectivity index (χ0n) is 11.4. The van der Waals surface area contributed by atoms with E-state index in [0.717, 1.165) is 5.82 Å². The van der Waals surface area contributed by atoms with E-state index < -0.39 is 0 Å². The molecule has 0 aliphatic heterocycles. The predicted octanol–water partition coefficient (Wildman–Crippen LogP) is 1.41. The summed E-state index contributed by atoms with van der Waals surface area (Å²) in [4.78, 5) is 22.1. The Labute approximate surface area is 111 Å². The number of aryl methyl sites for hydroxylation is 1. The molecule has 2 aromatic rings. The second kappa shape index (κ2) is 5.09. The van der Waals surface area contributed by atoms with E-state index in [4.69, 9.17) is 4.74 Å². The summed E-state index contributed by atoms with van der Waals surface area (Å²) in [7, 11) is 5.07. The maximum atomic E-state index is 12.3. The third kappa shape index (κ3) is 2.42. The summed E-state index contributed by atoms with van der Waals surface area (Å²) in [6.07, 6.45) is 3.17. The summed E-state index contributed by atoms with van der Waals surface area (Å²) in [5.41, 5.74) is 1.24. The Morgan fingerprint density at radius 3 is 2.53 bits per heavy atom. The fourth-order valence-corrected chi connectivity index (χ4v) is 1.68. The van der Waals surface area contributed by atoms with Gasteiger partial charge in [-0.25, -0.2) is 9.97 Å². The number of hydrogen-bond donors (Lipinski definition) is 0. The quantitative estimate of drug-likeness (QED) is 0.837. The van der Waals surface area contributed by atoms with Gasteiger partial charge in [-0.3, -0.25) is 4.79 Å². The number of aromatic nitrogens is 3. The number of hydrogen-bond acceptors (Lipinski definition) is 4. The van der Waals surface area contributed by atoms with Crippen LogP contribution in [0.4, 0.5) is 5.69 Å². The number of pyridine rings is 1. The van der Waals surface area contributed by atoms with Crippen LogP contribution in [0.25, 0.3) is 0 Å². The van der Waals surface area contributed by atoms with E-state index in [-0.39, 0.29) is 5.91 Å². The molecule has 2 aromatic heterocycles. The lowest BCUT2D eigenvalue weighted by atomic mass is 10.3. The number of carbonyl (C=O) groups is 1. The molecular weight excluding hydrogens is 244 g/mol. The van der Waals surface area contributed by atoms with Gasteiger partial charge in [-0.05, 0) is 13.0 Å². The van der Waals surface area contributed by atoms with Crippen molar-refractivity contribution in [3.8, 4) is 5.88 Å². The summed E-state index contributed by atoms with van der Waals surface area (Å²) in [6, 6.07) is 3.50. The van der Waals surface area contributed by atoms with Crippen molar-refractivity contribution in [3.63, 3.8) is 0 Å². The third-order valence-electron chi connectivity index (χ3n) is 3.06. The lowest BCUT2D eigenvalue weighted by molar-refractivity contribution is 0.0985. The normalized spacial score (nSPS) is 10.3. The number of ether oxygens (including phenoxy) is 1. The maximum absolute atomic E-state index is 12.3. The summed E-state index contributed by atoms with van der Waals surface area (Å²) in [5.74, 6) is 1.18. The molecule has 0 aliphatic rings. The topological polar surface area (TPSA) is 60.2 Å². The Bertz CT molecular complexity index is 589. The summed E-state index contributed by atoms with van der Waals surface area (Å²) >= 11 is 0. The Balaban J connectivity index is 2.25. The van der Waals surface area contributed by atoms with Crippen molar-refractivity contribution in [3.05, 3.63) is 36.0 Å². The minimum absolute atomic E-state index is 0.130. The second-order valence-electron chi connectivity index (χ2n) is 4.17. The zero-order valence-corrected chi connectivity index (χ0v) is 11.4. The van der Waals surface area contributed by atoms with Gasteiger partial charge in [0.2, 0.25) is 5.88 Å². The van der Waals surface area contributed by atoms with Crippen molar-refractivity contribution in [2.75, 3.05) is 19.1 Å². The predicted molar refractivity (Wildman–Crippen MR) is 71.5 cm³/mol. The molecule has 0 fully saturated rings. The SMILES string of the molecule is COc1ccc(N(C)C(=O)c2cnc(C)n2C)cn1. The smallest absolute Gasteiger partial charge is 0.276 e. The minimum Gasteiger partial charge on any atom is -0.481 e. The molecule has 0 saturated carbocycles. The first-order valence-electron chi connectivity index (χ1n) is 5.81. The summed E-state index contributed by atoms with van der Waals surface area (Å²) in [5, 5.41) is 0. The average molecular weight is 260 g/mol. The number of carbonyl (C=O) groups excluding carboxylic acids is 1. The number of rotatable bonds is 3. The minimum atomic E-state index is -0.130. The highest BCUT2D eigenvalue weighted by Gasteiger charge is 2.18. The highest BCUT2D eigenvalue weighted by Crippen LogP contribution is 2.17. The van der Waals surface area contributed by atoms with E-state index in [0.29, 0.717) is 17.3 Å². The van der Waals surface area contributed by atoms with Gasteiger partial charge in [0, 0.05) is 20.2 Å². The fourth-order valence-electron chi connectivity index (χ4n) is 1.68. The van der Waals surface area contributed by atoms with Gasteiger partial charge < -0.3 is 14.2 Å². The molecule has 0 radical (unpaired) electrons. The van der Waals surface area contributed by atoms with E-state index in [1.165, 1.54) is 4.90 Å². The molecule has 0 atom stereocenters. The molecule has 2 heterocycles. The lowest BCUT2D eigenvalue weighted by Gasteiger charge is -2.17. The molecule has 0 bridgehead atoms. The second-order valence-corrected chi connectivity index (χ2v) is 4.17. The molecule has 0 saturated heterocycles. The van der Waals surface area contributed by atoms with Crippen LogP contribution in [0, 0.1) is 6.92 Å². The summed E-state index contributed by atoms with van der Waals surface area (Å²) < 4.78 is 6.75. The molecule has 19 heavy (non-hydrogen) atoms. The first-order valence-corrected chi connectivity index (χ1v) is 5.81. The third-order valence-corrected chi connectivity index (χ3v) is 3.06. The molecule has 100 valence electrons. The van der Waals surface area contributed by atoms with Crippen molar-refractivity contribution in [1.82, 2.24) is 14.5 Å². The van der Waals surface area contributed by atoms with Gasteiger partial charge in [0.1, 0.15) is 11.5 Å². The van der Waals surface area contributed by atoms with Gasteiger partial charge in [0.05, 0.1) is 25.2 Å². The fraction of sp³-hybridized carbons (Fsp3) is 0.308. The standard InChI is InChI=1S/C13H16N4O2/c1-9-14-8-11(16(9)2)13(18)17(3)10-5-6-12(19-4)15-7-10/h5-8H,1-4H3. The number of methoxy groups -OCH3 is 1. The van der Waals surface area contributed by atoms with Gasteiger partial charge in [0.15, 0.2) is 0 Å². The van der Waals surface area contributed by atoms with Crippen LogP contribution in [-0.2, 0) is 7.05 Å². The van der Waals surface area contributed by atoms with Crippen LogP contribution < -0.4 is 9.64 Å². The Morgan fingerprint density at radius 2 is 2.05 bits per heavy atom. The van der Waals surface area contributed by atoms with Gasteiger partial charge >= 0.3 is 0 Å². The van der Waals surface area contributed by atoms with Crippen molar-refractivity contribution < 1.29 is 9.53 Å². The first kappa shape index (κ1) is 13.1. The maximum Gasteiger partial charge on any atom is 0.276 e. The molecule has 0 aliphatic carbocycles. The van der Waals surface area contributed by atoms with Crippen LogP contribution in [0.1, 0.15) is 16.3 Å².